The second-order valence-electron chi connectivity index (χ2n) is 5.65. The molecular weight excluding hydrogens is 326 g/mol. The van der Waals surface area contributed by atoms with Gasteiger partial charge in [-0.1, -0.05) is 12.1 Å². The maximum atomic E-state index is 5.54. The lowest BCUT2D eigenvalue weighted by Crippen LogP contribution is -2.45. The van der Waals surface area contributed by atoms with E-state index in [1.54, 1.807) is 14.2 Å². The Hall–Kier alpha value is -1.82. The zero-order valence-electron chi connectivity index (χ0n) is 14.1. The van der Waals surface area contributed by atoms with Crippen LogP contribution >= 0.6 is 12.4 Å². The van der Waals surface area contributed by atoms with Gasteiger partial charge in [-0.05, 0) is 17.7 Å². The Balaban J connectivity index is 0.00000208. The van der Waals surface area contributed by atoms with Crippen LogP contribution in [0.25, 0.3) is 0 Å². The van der Waals surface area contributed by atoms with Crippen LogP contribution in [0.1, 0.15) is 17.2 Å². The summed E-state index contributed by atoms with van der Waals surface area (Å²) in [5.41, 5.74) is 2.41. The molecule has 3 rings (SSSR count). The van der Waals surface area contributed by atoms with Crippen molar-refractivity contribution in [3.63, 3.8) is 0 Å². The van der Waals surface area contributed by atoms with Crippen molar-refractivity contribution in [2.24, 2.45) is 0 Å². The molecule has 0 radical (unpaired) electrons. The number of hydrogen-bond donors (Lipinski definition) is 1. The first-order valence-corrected chi connectivity index (χ1v) is 7.87. The summed E-state index contributed by atoms with van der Waals surface area (Å²) in [6.07, 6.45) is 3.77. The fraction of sp³-hybridized carbons (Fsp3) is 0.389. The van der Waals surface area contributed by atoms with E-state index < -0.39 is 0 Å². The second kappa shape index (κ2) is 8.87. The molecule has 1 aromatic heterocycles. The highest BCUT2D eigenvalue weighted by molar-refractivity contribution is 5.85. The van der Waals surface area contributed by atoms with Crippen molar-refractivity contribution in [1.82, 2.24) is 15.2 Å². The van der Waals surface area contributed by atoms with Gasteiger partial charge in [0.15, 0.2) is 0 Å². The molecule has 0 saturated carbocycles. The number of piperazine rings is 1. The molecule has 1 fully saturated rings. The number of nitrogens with zero attached hydrogens (tertiary/aromatic N) is 2. The van der Waals surface area contributed by atoms with Gasteiger partial charge in [0.25, 0.3) is 0 Å². The largest absolute Gasteiger partial charge is 0.497 e. The van der Waals surface area contributed by atoms with Gasteiger partial charge >= 0.3 is 0 Å². The molecule has 1 N–H and O–H groups in total. The Morgan fingerprint density at radius 1 is 1.25 bits per heavy atom. The van der Waals surface area contributed by atoms with Crippen molar-refractivity contribution in [1.29, 1.82) is 0 Å². The Bertz CT molecular complexity index is 639. The fourth-order valence-electron chi connectivity index (χ4n) is 3.04. The summed E-state index contributed by atoms with van der Waals surface area (Å²) in [7, 11) is 3.37. The Kier molecular flexibility index (Phi) is 6.85. The molecule has 1 saturated heterocycles. The highest BCUT2D eigenvalue weighted by atomic mass is 35.5. The molecule has 1 aromatic carbocycles. The van der Waals surface area contributed by atoms with Crippen molar-refractivity contribution < 1.29 is 9.47 Å². The maximum absolute atomic E-state index is 5.54. The van der Waals surface area contributed by atoms with Crippen LogP contribution in [0.3, 0.4) is 0 Å². The minimum atomic E-state index is 0. The molecule has 0 spiro atoms. The average Bonchev–Trinajstić information content (AvgIpc) is 2.63. The van der Waals surface area contributed by atoms with Crippen molar-refractivity contribution >= 4 is 12.4 Å². The summed E-state index contributed by atoms with van der Waals surface area (Å²) in [6.45, 7) is 3.77. The van der Waals surface area contributed by atoms with E-state index in [9.17, 15) is 0 Å². The van der Waals surface area contributed by atoms with E-state index in [0.29, 0.717) is 6.04 Å². The van der Waals surface area contributed by atoms with Gasteiger partial charge in [0, 0.05) is 56.2 Å². The van der Waals surface area contributed by atoms with Gasteiger partial charge in [-0.2, -0.15) is 0 Å². The van der Waals surface area contributed by atoms with Crippen LogP contribution in [-0.4, -0.2) is 43.7 Å². The highest BCUT2D eigenvalue weighted by Gasteiger charge is 2.24. The van der Waals surface area contributed by atoms with Crippen LogP contribution in [0, 0.1) is 0 Å². The summed E-state index contributed by atoms with van der Waals surface area (Å²) >= 11 is 0. The molecule has 1 aliphatic rings. The number of nitrogens with one attached hydrogen (secondary N) is 1. The van der Waals surface area contributed by atoms with Crippen molar-refractivity contribution in [2.45, 2.75) is 12.6 Å². The fourth-order valence-corrected chi connectivity index (χ4v) is 3.04. The Morgan fingerprint density at radius 2 is 2.12 bits per heavy atom. The molecule has 6 heteroatoms. The third kappa shape index (κ3) is 4.17. The molecule has 0 bridgehead atoms. The van der Waals surface area contributed by atoms with Crippen LogP contribution in [0.15, 0.2) is 42.7 Å². The topological polar surface area (TPSA) is 46.6 Å². The predicted molar refractivity (Wildman–Crippen MR) is 97.1 cm³/mol. The van der Waals surface area contributed by atoms with Gasteiger partial charge in [0.2, 0.25) is 0 Å². The third-order valence-electron chi connectivity index (χ3n) is 4.29. The van der Waals surface area contributed by atoms with E-state index in [2.05, 4.69) is 27.3 Å². The zero-order chi connectivity index (χ0) is 16.1. The lowest BCUT2D eigenvalue weighted by molar-refractivity contribution is 0.152. The van der Waals surface area contributed by atoms with Crippen LogP contribution in [-0.2, 0) is 6.54 Å². The molecule has 2 heterocycles. The number of halogens is 1. The van der Waals surface area contributed by atoms with Crippen molar-refractivity contribution in [3.8, 4) is 11.5 Å². The van der Waals surface area contributed by atoms with Crippen LogP contribution in [0.2, 0.25) is 0 Å². The predicted octanol–water partition coefficient (Wildman–Crippen LogP) is 2.67. The van der Waals surface area contributed by atoms with Gasteiger partial charge in [-0.25, -0.2) is 0 Å². The summed E-state index contributed by atoms with van der Waals surface area (Å²) in [5, 5.41) is 3.48. The number of pyridine rings is 1. The molecule has 2 aromatic rings. The van der Waals surface area contributed by atoms with Gasteiger partial charge in [-0.15, -0.1) is 12.4 Å². The quantitative estimate of drug-likeness (QED) is 0.899. The van der Waals surface area contributed by atoms with Crippen molar-refractivity contribution in [3.05, 3.63) is 53.9 Å². The van der Waals surface area contributed by atoms with E-state index in [1.165, 1.54) is 11.1 Å². The van der Waals surface area contributed by atoms with E-state index in [4.69, 9.17) is 9.47 Å². The van der Waals surface area contributed by atoms with Crippen LogP contribution in [0.5, 0.6) is 11.5 Å². The molecule has 24 heavy (non-hydrogen) atoms. The highest BCUT2D eigenvalue weighted by Crippen LogP contribution is 2.29. The smallest absolute Gasteiger partial charge is 0.127 e. The normalized spacial score (nSPS) is 17.8. The number of ether oxygens (including phenoxy) is 2. The minimum absolute atomic E-state index is 0. The van der Waals surface area contributed by atoms with Gasteiger partial charge in [-0.3, -0.25) is 9.88 Å². The van der Waals surface area contributed by atoms with E-state index in [0.717, 1.165) is 37.7 Å². The monoisotopic (exact) mass is 349 g/mol. The molecule has 1 atom stereocenters. The second-order valence-corrected chi connectivity index (χ2v) is 5.65. The SMILES string of the molecule is COc1ccc(CN2CCNCC2c2cccnc2)c(OC)c1.Cl. The van der Waals surface area contributed by atoms with E-state index in [1.807, 2.05) is 30.6 Å². The van der Waals surface area contributed by atoms with Gasteiger partial charge < -0.3 is 14.8 Å². The number of benzene rings is 1. The van der Waals surface area contributed by atoms with Crippen LogP contribution in [0.4, 0.5) is 0 Å². The number of aromatic nitrogens is 1. The Morgan fingerprint density at radius 3 is 2.83 bits per heavy atom. The number of rotatable bonds is 5. The van der Waals surface area contributed by atoms with E-state index in [-0.39, 0.29) is 12.4 Å². The lowest BCUT2D eigenvalue weighted by Gasteiger charge is -2.36. The molecule has 130 valence electrons. The number of hydrogen-bond acceptors (Lipinski definition) is 5. The molecule has 1 unspecified atom stereocenters. The first-order chi connectivity index (χ1) is 11.3. The summed E-state index contributed by atoms with van der Waals surface area (Å²) in [5.74, 6) is 1.68. The summed E-state index contributed by atoms with van der Waals surface area (Å²) in [4.78, 5) is 6.73. The molecular formula is C18H24ClN3O2. The molecule has 0 amide bonds. The third-order valence-corrected chi connectivity index (χ3v) is 4.29. The number of methoxy groups -OCH3 is 2. The lowest BCUT2D eigenvalue weighted by atomic mass is 10.0. The first-order valence-electron chi connectivity index (χ1n) is 7.87. The van der Waals surface area contributed by atoms with Gasteiger partial charge in [0.05, 0.1) is 14.2 Å². The van der Waals surface area contributed by atoms with E-state index >= 15 is 0 Å². The summed E-state index contributed by atoms with van der Waals surface area (Å²) in [6, 6.07) is 10.5. The average molecular weight is 350 g/mol. The molecule has 0 aliphatic carbocycles. The van der Waals surface area contributed by atoms with Crippen molar-refractivity contribution in [2.75, 3.05) is 33.9 Å². The van der Waals surface area contributed by atoms with Gasteiger partial charge in [0.1, 0.15) is 11.5 Å². The first kappa shape index (κ1) is 18.5. The maximum Gasteiger partial charge on any atom is 0.127 e. The Labute approximate surface area is 149 Å². The standard InChI is InChI=1S/C18H23N3O2.ClH/c1-22-16-6-5-15(18(10-16)23-2)13-21-9-8-20-12-17(21)14-4-3-7-19-11-14;/h3-7,10-11,17,20H,8-9,12-13H2,1-2H3;1H. The van der Waals surface area contributed by atoms with Crippen LogP contribution < -0.4 is 14.8 Å². The molecule has 1 aliphatic heterocycles. The summed E-state index contributed by atoms with van der Waals surface area (Å²) < 4.78 is 10.8. The molecule has 5 nitrogen and oxygen atoms in total. The zero-order valence-corrected chi connectivity index (χ0v) is 14.9. The minimum Gasteiger partial charge on any atom is -0.497 e.